The summed E-state index contributed by atoms with van der Waals surface area (Å²) in [6.07, 6.45) is 2.75. The average Bonchev–Trinajstić information content (AvgIpc) is 2.66. The van der Waals surface area contributed by atoms with E-state index in [0.29, 0.717) is 0 Å². The Morgan fingerprint density at radius 3 is 3.00 bits per heavy atom. The van der Waals surface area contributed by atoms with Gasteiger partial charge in [-0.25, -0.2) is 0 Å². The van der Waals surface area contributed by atoms with Crippen LogP contribution in [0.5, 0.6) is 0 Å². The molecular formula is C11H22N2S. The quantitative estimate of drug-likeness (QED) is 0.751. The summed E-state index contributed by atoms with van der Waals surface area (Å²) in [5, 5.41) is 4.40. The molecule has 0 bridgehead atoms. The van der Waals surface area contributed by atoms with Crippen LogP contribution in [0, 0.1) is 0 Å². The third-order valence-electron chi connectivity index (χ3n) is 3.63. The Morgan fingerprint density at radius 1 is 1.43 bits per heavy atom. The smallest absolute Gasteiger partial charge is 0.0195 e. The van der Waals surface area contributed by atoms with Crippen molar-refractivity contribution in [2.45, 2.75) is 44.0 Å². The number of hydrogen-bond donors (Lipinski definition) is 1. The third kappa shape index (κ3) is 2.44. The highest BCUT2D eigenvalue weighted by molar-refractivity contribution is 8.00. The van der Waals surface area contributed by atoms with Crippen LogP contribution >= 0.6 is 11.8 Å². The SMILES string of the molecule is CC1SCCN(C[C@@H]2CCCN2)C1C. The molecule has 82 valence electrons. The Kier molecular flexibility index (Phi) is 3.74. The second-order valence-electron chi connectivity index (χ2n) is 4.60. The monoisotopic (exact) mass is 214 g/mol. The van der Waals surface area contributed by atoms with E-state index in [1.807, 2.05) is 0 Å². The van der Waals surface area contributed by atoms with Crippen molar-refractivity contribution in [2.75, 3.05) is 25.4 Å². The van der Waals surface area contributed by atoms with Crippen molar-refractivity contribution in [3.8, 4) is 0 Å². The lowest BCUT2D eigenvalue weighted by atomic mass is 10.1. The Balaban J connectivity index is 1.83. The van der Waals surface area contributed by atoms with Crippen molar-refractivity contribution in [2.24, 2.45) is 0 Å². The molecule has 2 fully saturated rings. The highest BCUT2D eigenvalue weighted by Crippen LogP contribution is 2.24. The summed E-state index contributed by atoms with van der Waals surface area (Å²) in [5.41, 5.74) is 0. The molecule has 2 aliphatic heterocycles. The third-order valence-corrected chi connectivity index (χ3v) is 4.97. The lowest BCUT2D eigenvalue weighted by Gasteiger charge is -2.38. The molecule has 3 atom stereocenters. The second kappa shape index (κ2) is 4.86. The topological polar surface area (TPSA) is 15.3 Å². The van der Waals surface area contributed by atoms with Gasteiger partial charge in [-0.3, -0.25) is 4.90 Å². The molecule has 0 amide bonds. The van der Waals surface area contributed by atoms with Gasteiger partial charge in [0, 0.05) is 36.2 Å². The van der Waals surface area contributed by atoms with Crippen LogP contribution in [0.15, 0.2) is 0 Å². The van der Waals surface area contributed by atoms with Crippen LogP contribution in [0.3, 0.4) is 0 Å². The van der Waals surface area contributed by atoms with Crippen LogP contribution in [0.25, 0.3) is 0 Å². The second-order valence-corrected chi connectivity index (χ2v) is 6.09. The van der Waals surface area contributed by atoms with Gasteiger partial charge in [0.1, 0.15) is 0 Å². The Bertz CT molecular complexity index is 180. The van der Waals surface area contributed by atoms with Gasteiger partial charge in [-0.15, -0.1) is 0 Å². The van der Waals surface area contributed by atoms with Crippen molar-refractivity contribution in [1.82, 2.24) is 10.2 Å². The number of hydrogen-bond acceptors (Lipinski definition) is 3. The fourth-order valence-electron chi connectivity index (χ4n) is 2.45. The van der Waals surface area contributed by atoms with E-state index < -0.39 is 0 Å². The minimum absolute atomic E-state index is 0.760. The molecule has 2 aliphatic rings. The van der Waals surface area contributed by atoms with Gasteiger partial charge in [0.15, 0.2) is 0 Å². The number of thioether (sulfide) groups is 1. The number of nitrogens with zero attached hydrogens (tertiary/aromatic N) is 1. The first kappa shape index (κ1) is 10.8. The highest BCUT2D eigenvalue weighted by atomic mass is 32.2. The Hall–Kier alpha value is 0.270. The molecule has 0 aromatic carbocycles. The van der Waals surface area contributed by atoms with Crippen molar-refractivity contribution in [1.29, 1.82) is 0 Å². The van der Waals surface area contributed by atoms with Gasteiger partial charge in [0.2, 0.25) is 0 Å². The highest BCUT2D eigenvalue weighted by Gasteiger charge is 2.27. The van der Waals surface area contributed by atoms with Crippen LogP contribution in [0.1, 0.15) is 26.7 Å². The zero-order valence-corrected chi connectivity index (χ0v) is 10.1. The van der Waals surface area contributed by atoms with Crippen LogP contribution in [0.4, 0.5) is 0 Å². The van der Waals surface area contributed by atoms with E-state index in [9.17, 15) is 0 Å². The number of nitrogens with one attached hydrogen (secondary N) is 1. The Labute approximate surface area is 91.8 Å². The van der Waals surface area contributed by atoms with E-state index >= 15 is 0 Å². The van der Waals surface area contributed by atoms with Gasteiger partial charge in [-0.1, -0.05) is 6.92 Å². The summed E-state index contributed by atoms with van der Waals surface area (Å²) in [4.78, 5) is 2.67. The molecule has 2 unspecified atom stereocenters. The molecule has 0 saturated carbocycles. The van der Waals surface area contributed by atoms with E-state index in [-0.39, 0.29) is 0 Å². The lowest BCUT2D eigenvalue weighted by molar-refractivity contribution is 0.195. The summed E-state index contributed by atoms with van der Waals surface area (Å²) >= 11 is 2.13. The summed E-state index contributed by atoms with van der Waals surface area (Å²) in [7, 11) is 0. The molecule has 14 heavy (non-hydrogen) atoms. The maximum atomic E-state index is 3.59. The van der Waals surface area contributed by atoms with Crippen molar-refractivity contribution in [3.05, 3.63) is 0 Å². The standard InChI is InChI=1S/C11H22N2S/c1-9-10(2)14-7-6-13(9)8-11-4-3-5-12-11/h9-12H,3-8H2,1-2H3/t9?,10?,11-/m0/s1. The molecule has 0 aliphatic carbocycles. The molecule has 2 heterocycles. The molecule has 3 heteroatoms. The van der Waals surface area contributed by atoms with E-state index in [1.165, 1.54) is 38.2 Å². The molecule has 2 rings (SSSR count). The first-order chi connectivity index (χ1) is 6.77. The van der Waals surface area contributed by atoms with Crippen LogP contribution in [-0.2, 0) is 0 Å². The summed E-state index contributed by atoms with van der Waals surface area (Å²) < 4.78 is 0. The van der Waals surface area contributed by atoms with Crippen molar-refractivity contribution in [3.63, 3.8) is 0 Å². The van der Waals surface area contributed by atoms with E-state index in [1.54, 1.807) is 0 Å². The van der Waals surface area contributed by atoms with Gasteiger partial charge in [0.05, 0.1) is 0 Å². The van der Waals surface area contributed by atoms with Crippen molar-refractivity contribution >= 4 is 11.8 Å². The van der Waals surface area contributed by atoms with E-state index in [0.717, 1.165) is 17.3 Å². The molecule has 0 aromatic rings. The predicted molar refractivity (Wildman–Crippen MR) is 64.0 cm³/mol. The van der Waals surface area contributed by atoms with Crippen molar-refractivity contribution < 1.29 is 0 Å². The summed E-state index contributed by atoms with van der Waals surface area (Å²) in [6.45, 7) is 8.53. The fraction of sp³-hybridized carbons (Fsp3) is 1.00. The average molecular weight is 214 g/mol. The molecule has 2 saturated heterocycles. The zero-order chi connectivity index (χ0) is 9.97. The minimum atomic E-state index is 0.760. The van der Waals surface area contributed by atoms with Gasteiger partial charge in [-0.2, -0.15) is 11.8 Å². The summed E-state index contributed by atoms with van der Waals surface area (Å²) in [5.74, 6) is 1.32. The lowest BCUT2D eigenvalue weighted by Crippen LogP contribution is -2.49. The van der Waals surface area contributed by atoms with Crippen LogP contribution in [-0.4, -0.2) is 47.6 Å². The van der Waals surface area contributed by atoms with E-state index in [2.05, 4.69) is 35.8 Å². The largest absolute Gasteiger partial charge is 0.313 e. The molecule has 0 spiro atoms. The maximum Gasteiger partial charge on any atom is 0.0195 e. The summed E-state index contributed by atoms with van der Waals surface area (Å²) in [6, 6.07) is 1.53. The molecule has 2 nitrogen and oxygen atoms in total. The minimum Gasteiger partial charge on any atom is -0.313 e. The normalized spacial score (nSPS) is 40.3. The molecular weight excluding hydrogens is 192 g/mol. The first-order valence-corrected chi connectivity index (χ1v) is 6.91. The van der Waals surface area contributed by atoms with Crippen LogP contribution in [0.2, 0.25) is 0 Å². The first-order valence-electron chi connectivity index (χ1n) is 5.86. The van der Waals surface area contributed by atoms with Gasteiger partial charge in [-0.05, 0) is 26.3 Å². The Morgan fingerprint density at radius 2 is 2.29 bits per heavy atom. The zero-order valence-electron chi connectivity index (χ0n) is 9.33. The maximum absolute atomic E-state index is 3.59. The van der Waals surface area contributed by atoms with Gasteiger partial charge < -0.3 is 5.32 Å². The van der Waals surface area contributed by atoms with Gasteiger partial charge in [0.25, 0.3) is 0 Å². The fourth-order valence-corrected chi connectivity index (χ4v) is 3.61. The van der Waals surface area contributed by atoms with Crippen LogP contribution < -0.4 is 5.32 Å². The van der Waals surface area contributed by atoms with E-state index in [4.69, 9.17) is 0 Å². The number of rotatable bonds is 2. The molecule has 0 aromatic heterocycles. The molecule has 0 radical (unpaired) electrons. The predicted octanol–water partition coefficient (Wildman–Crippen LogP) is 1.56. The van der Waals surface area contributed by atoms with Gasteiger partial charge >= 0.3 is 0 Å². The molecule has 1 N–H and O–H groups in total.